The lowest BCUT2D eigenvalue weighted by molar-refractivity contribution is -0.335. The lowest BCUT2D eigenvalue weighted by Gasteiger charge is -2.53. The molecule has 3 fully saturated rings. The lowest BCUT2D eigenvalue weighted by Crippen LogP contribution is -2.70. The van der Waals surface area contributed by atoms with Crippen molar-refractivity contribution in [3.05, 3.63) is 24.3 Å². The summed E-state index contributed by atoms with van der Waals surface area (Å²) in [5.74, 6) is -1.68. The highest BCUT2D eigenvalue weighted by molar-refractivity contribution is 5.73. The third-order valence-corrected chi connectivity index (χ3v) is 14.1. The van der Waals surface area contributed by atoms with E-state index < -0.39 is 95.5 Å². The first kappa shape index (κ1) is 53.4. The van der Waals surface area contributed by atoms with Gasteiger partial charge in [-0.15, -0.1) is 0 Å². The molecule has 0 aliphatic carbocycles. The number of carbonyl (C=O) groups is 1. The Bertz CT molecular complexity index is 1570. The van der Waals surface area contributed by atoms with Gasteiger partial charge in [0, 0.05) is 32.0 Å². The van der Waals surface area contributed by atoms with Crippen molar-refractivity contribution in [1.82, 2.24) is 16.0 Å². The number of esters is 1. The van der Waals surface area contributed by atoms with E-state index in [0.29, 0.717) is 31.0 Å². The highest BCUT2D eigenvalue weighted by Crippen LogP contribution is 2.43. The molecular formula is C47H83N3O13. The summed E-state index contributed by atoms with van der Waals surface area (Å²) in [5.41, 5.74) is -6.01. The Kier molecular flexibility index (Phi) is 19.1. The molecule has 7 N–H and O–H groups in total. The number of likely N-dealkylation sites (N-methyl/N-ethyl adjacent to an activating group) is 1. The molecule has 0 unspecified atom stereocenters. The van der Waals surface area contributed by atoms with Crippen LogP contribution in [-0.2, 0) is 33.2 Å². The second kappa shape index (κ2) is 22.5. The first-order chi connectivity index (χ1) is 29.5. The molecular weight excluding hydrogens is 815 g/mol. The minimum absolute atomic E-state index is 0.0893. The van der Waals surface area contributed by atoms with E-state index in [2.05, 4.69) is 16.0 Å². The number of rotatable bonds is 14. The van der Waals surface area contributed by atoms with Crippen LogP contribution in [0, 0.1) is 17.8 Å². The SMILES string of the molecule is CCCNC[C@]1(O)[C@H](C)O[C@@H](O[C@H]2[C@H](C)[C@@H](O[C@@H]3O[C@H](C)C[C@H](NC)[C@H]3Oc3ccccc3OC)[C@](C)(O)C[C@@H](C)CN[C@H](C)[C@@H](O)[C@](C)(O)[C@@H](CC)OC(=O)[C@@H]2C)C[C@@]1(C)OC. The standard InChI is InChI=1S/C47H83N3O13/c1-15-21-49-26-47(55)32(8)59-37(24-45(47,10)57-14)62-38-29(5)41(63-43-39(33(48-12)22-28(4)58-43)60-35-20-18-17-19-34(35)56-13)44(9,53)23-27(3)25-50-31(7)40(51)46(11,54)36(16-2)61-42(52)30(38)6/h17-20,27-33,36-41,43,48-51,53-55H,15-16,21-26H2,1-14H3/t27-,28-,29+,30-,31-,32+,33+,36-,37+,38+,39-,40-,41-,43+,44-,45-,46-,47+/m1/s1. The van der Waals surface area contributed by atoms with Gasteiger partial charge >= 0.3 is 5.97 Å². The second-order valence-corrected chi connectivity index (χ2v) is 19.3. The van der Waals surface area contributed by atoms with E-state index in [0.717, 1.165) is 6.42 Å². The summed E-state index contributed by atoms with van der Waals surface area (Å²) in [7, 11) is 4.97. The number of para-hydroxylation sites is 2. The Morgan fingerprint density at radius 1 is 0.921 bits per heavy atom. The topological polar surface area (TPSA) is 208 Å². The van der Waals surface area contributed by atoms with Crippen molar-refractivity contribution in [1.29, 1.82) is 0 Å². The summed E-state index contributed by atoms with van der Waals surface area (Å²) in [6.45, 7) is 21.1. The summed E-state index contributed by atoms with van der Waals surface area (Å²) in [5, 5.41) is 58.4. The molecule has 1 aromatic carbocycles. The molecule has 1 aromatic rings. The Morgan fingerprint density at radius 3 is 2.19 bits per heavy atom. The number of hydrogen-bond donors (Lipinski definition) is 7. The van der Waals surface area contributed by atoms with Gasteiger partial charge in [-0.05, 0) is 112 Å². The number of cyclic esters (lactones) is 1. The summed E-state index contributed by atoms with van der Waals surface area (Å²) in [6, 6.07) is 6.49. The van der Waals surface area contributed by atoms with E-state index in [4.69, 9.17) is 37.9 Å². The molecule has 4 rings (SSSR count). The molecule has 0 bridgehead atoms. The maximum atomic E-state index is 14.6. The van der Waals surface area contributed by atoms with Crippen LogP contribution in [-0.4, -0.2) is 157 Å². The Morgan fingerprint density at radius 2 is 1.59 bits per heavy atom. The van der Waals surface area contributed by atoms with Gasteiger partial charge in [-0.25, -0.2) is 0 Å². The van der Waals surface area contributed by atoms with Gasteiger partial charge in [-0.1, -0.05) is 39.8 Å². The van der Waals surface area contributed by atoms with E-state index >= 15 is 0 Å². The largest absolute Gasteiger partial charge is 0.493 e. The summed E-state index contributed by atoms with van der Waals surface area (Å²) < 4.78 is 51.7. The highest BCUT2D eigenvalue weighted by Gasteiger charge is 2.58. The maximum absolute atomic E-state index is 14.6. The van der Waals surface area contributed by atoms with Gasteiger partial charge in [0.05, 0.1) is 49.1 Å². The van der Waals surface area contributed by atoms with Crippen molar-refractivity contribution in [2.75, 3.05) is 40.9 Å². The minimum Gasteiger partial charge on any atom is -0.493 e. The van der Waals surface area contributed by atoms with E-state index in [1.807, 2.05) is 65.9 Å². The van der Waals surface area contributed by atoms with Crippen molar-refractivity contribution in [2.45, 2.75) is 198 Å². The number of aliphatic hydroxyl groups is 4. The molecule has 0 spiro atoms. The predicted octanol–water partition coefficient (Wildman–Crippen LogP) is 3.68. The zero-order chi connectivity index (χ0) is 47.1. The molecule has 364 valence electrons. The Balaban J connectivity index is 1.86. The molecule has 16 heteroatoms. The number of hydrogen-bond acceptors (Lipinski definition) is 16. The van der Waals surface area contributed by atoms with Crippen LogP contribution in [0.2, 0.25) is 0 Å². The fraction of sp³-hybridized carbons (Fsp3) is 0.851. The third-order valence-electron chi connectivity index (χ3n) is 14.1. The number of ether oxygens (including phenoxy) is 8. The summed E-state index contributed by atoms with van der Waals surface area (Å²) >= 11 is 0. The second-order valence-electron chi connectivity index (χ2n) is 19.3. The first-order valence-corrected chi connectivity index (χ1v) is 23.2. The molecule has 16 nitrogen and oxygen atoms in total. The van der Waals surface area contributed by atoms with Crippen LogP contribution in [0.25, 0.3) is 0 Å². The van der Waals surface area contributed by atoms with Crippen molar-refractivity contribution in [3.63, 3.8) is 0 Å². The molecule has 3 heterocycles. The van der Waals surface area contributed by atoms with Crippen LogP contribution in [0.15, 0.2) is 24.3 Å². The number of aliphatic hydroxyl groups excluding tert-OH is 1. The molecule has 3 saturated heterocycles. The fourth-order valence-electron chi connectivity index (χ4n) is 9.99. The molecule has 3 aliphatic heterocycles. The van der Waals surface area contributed by atoms with Crippen molar-refractivity contribution >= 4 is 5.97 Å². The average Bonchev–Trinajstić information content (AvgIpc) is 3.24. The number of methoxy groups -OCH3 is 2. The van der Waals surface area contributed by atoms with Crippen molar-refractivity contribution in [3.8, 4) is 11.5 Å². The van der Waals surface area contributed by atoms with Crippen LogP contribution in [0.1, 0.15) is 108 Å². The third kappa shape index (κ3) is 12.2. The van der Waals surface area contributed by atoms with Crippen LogP contribution >= 0.6 is 0 Å². The van der Waals surface area contributed by atoms with Gasteiger partial charge in [0.25, 0.3) is 0 Å². The molecule has 3 aliphatic rings. The normalized spacial score (nSPS) is 43.6. The molecule has 63 heavy (non-hydrogen) atoms. The van der Waals surface area contributed by atoms with Crippen LogP contribution in [0.5, 0.6) is 11.5 Å². The molecule has 0 aromatic heterocycles. The van der Waals surface area contributed by atoms with Crippen molar-refractivity contribution in [2.24, 2.45) is 17.8 Å². The molecule has 0 amide bonds. The monoisotopic (exact) mass is 898 g/mol. The zero-order valence-electron chi connectivity index (χ0n) is 40.5. The maximum Gasteiger partial charge on any atom is 0.311 e. The average molecular weight is 898 g/mol. The Labute approximate surface area is 376 Å². The minimum atomic E-state index is -1.83. The van der Waals surface area contributed by atoms with Gasteiger partial charge in [0.2, 0.25) is 0 Å². The first-order valence-electron chi connectivity index (χ1n) is 23.2. The highest BCUT2D eigenvalue weighted by atomic mass is 16.7. The summed E-state index contributed by atoms with van der Waals surface area (Å²) in [4.78, 5) is 14.6. The summed E-state index contributed by atoms with van der Waals surface area (Å²) in [6.07, 6.45) is -6.33. The number of carbonyl (C=O) groups excluding carboxylic acids is 1. The Hall–Kier alpha value is -2.19. The van der Waals surface area contributed by atoms with Crippen LogP contribution in [0.3, 0.4) is 0 Å². The predicted molar refractivity (Wildman–Crippen MR) is 238 cm³/mol. The lowest BCUT2D eigenvalue weighted by atomic mass is 9.75. The van der Waals surface area contributed by atoms with Crippen LogP contribution < -0.4 is 25.4 Å². The molecule has 18 atom stereocenters. The van der Waals surface area contributed by atoms with Gasteiger partial charge in [0.15, 0.2) is 30.2 Å². The van der Waals surface area contributed by atoms with E-state index in [1.165, 1.54) is 6.92 Å². The van der Waals surface area contributed by atoms with Gasteiger partial charge in [0.1, 0.15) is 29.0 Å². The van der Waals surface area contributed by atoms with Gasteiger partial charge < -0.3 is 74.3 Å². The van der Waals surface area contributed by atoms with Crippen molar-refractivity contribution < 1.29 is 63.1 Å². The zero-order valence-corrected chi connectivity index (χ0v) is 40.5. The van der Waals surface area contributed by atoms with E-state index in [9.17, 15) is 25.2 Å². The molecule has 0 radical (unpaired) electrons. The van der Waals surface area contributed by atoms with Gasteiger partial charge in [-0.3, -0.25) is 4.79 Å². The number of benzene rings is 1. The quantitative estimate of drug-likeness (QED) is 0.105. The molecule has 0 saturated carbocycles. The van der Waals surface area contributed by atoms with E-state index in [1.54, 1.807) is 48.8 Å². The smallest absolute Gasteiger partial charge is 0.311 e. The number of nitrogens with one attached hydrogen (secondary N) is 3. The fourth-order valence-corrected chi connectivity index (χ4v) is 9.99. The van der Waals surface area contributed by atoms with Crippen LogP contribution in [0.4, 0.5) is 0 Å². The van der Waals surface area contributed by atoms with E-state index in [-0.39, 0.29) is 43.9 Å². The van der Waals surface area contributed by atoms with Gasteiger partial charge in [-0.2, -0.15) is 0 Å².